The molecule has 0 fully saturated rings. The summed E-state index contributed by atoms with van der Waals surface area (Å²) >= 11 is 0. The number of hydrogen-bond acceptors (Lipinski definition) is 6. The molecule has 0 unspecified atom stereocenters. The first-order chi connectivity index (χ1) is 10.9. The Balaban J connectivity index is 1.81. The SMILES string of the molecule is Cc1nc2c(c(=O)[nH]1)CN(Cc1ccc(O)c([N+](=O)[O-])c1)CC2. The van der Waals surface area contributed by atoms with Crippen LogP contribution in [0.5, 0.6) is 5.75 Å². The minimum absolute atomic E-state index is 0.131. The Bertz CT molecular complexity index is 831. The number of aryl methyl sites for hydroxylation is 1. The molecule has 2 aromatic rings. The lowest BCUT2D eigenvalue weighted by molar-refractivity contribution is -0.385. The average molecular weight is 316 g/mol. The number of nitro benzene ring substituents is 1. The van der Waals surface area contributed by atoms with E-state index in [1.54, 1.807) is 13.0 Å². The van der Waals surface area contributed by atoms with Gasteiger partial charge in [-0.15, -0.1) is 0 Å². The van der Waals surface area contributed by atoms with Gasteiger partial charge in [-0.1, -0.05) is 6.07 Å². The predicted molar refractivity (Wildman–Crippen MR) is 82.2 cm³/mol. The van der Waals surface area contributed by atoms with E-state index in [0.29, 0.717) is 30.9 Å². The maximum Gasteiger partial charge on any atom is 0.311 e. The number of phenols is 1. The van der Waals surface area contributed by atoms with Gasteiger partial charge in [0, 0.05) is 32.1 Å². The fourth-order valence-electron chi connectivity index (χ4n) is 2.81. The number of phenolic OH excluding ortho intramolecular Hbond substituents is 1. The van der Waals surface area contributed by atoms with Crippen molar-refractivity contribution in [2.45, 2.75) is 26.4 Å². The first-order valence-corrected chi connectivity index (χ1v) is 7.21. The van der Waals surface area contributed by atoms with Crippen molar-refractivity contribution in [3.05, 3.63) is 61.3 Å². The minimum Gasteiger partial charge on any atom is -0.502 e. The third kappa shape index (κ3) is 3.07. The number of nitrogens with one attached hydrogen (secondary N) is 1. The average Bonchev–Trinajstić information content (AvgIpc) is 2.49. The Labute approximate surface area is 131 Å². The van der Waals surface area contributed by atoms with Gasteiger partial charge in [-0.05, 0) is 18.6 Å². The highest BCUT2D eigenvalue weighted by Gasteiger charge is 2.22. The molecule has 0 saturated carbocycles. The molecule has 0 atom stereocenters. The summed E-state index contributed by atoms with van der Waals surface area (Å²) in [5, 5.41) is 20.4. The van der Waals surface area contributed by atoms with Gasteiger partial charge < -0.3 is 10.1 Å². The number of aromatic nitrogens is 2. The van der Waals surface area contributed by atoms with Crippen LogP contribution in [-0.2, 0) is 19.5 Å². The molecule has 23 heavy (non-hydrogen) atoms. The summed E-state index contributed by atoms with van der Waals surface area (Å²) in [7, 11) is 0. The van der Waals surface area contributed by atoms with Gasteiger partial charge in [-0.2, -0.15) is 0 Å². The van der Waals surface area contributed by atoms with Crippen molar-refractivity contribution in [1.82, 2.24) is 14.9 Å². The molecule has 2 heterocycles. The zero-order valence-corrected chi connectivity index (χ0v) is 12.6. The second-order valence-electron chi connectivity index (χ2n) is 5.62. The fraction of sp³-hybridized carbons (Fsp3) is 0.333. The van der Waals surface area contributed by atoms with E-state index in [-0.39, 0.29) is 17.0 Å². The summed E-state index contributed by atoms with van der Waals surface area (Å²) in [6, 6.07) is 4.33. The second-order valence-corrected chi connectivity index (χ2v) is 5.62. The van der Waals surface area contributed by atoms with Gasteiger partial charge in [0.05, 0.1) is 16.2 Å². The quantitative estimate of drug-likeness (QED) is 0.651. The molecule has 1 aromatic heterocycles. The lowest BCUT2D eigenvalue weighted by atomic mass is 10.1. The van der Waals surface area contributed by atoms with Crippen molar-refractivity contribution in [1.29, 1.82) is 0 Å². The summed E-state index contributed by atoms with van der Waals surface area (Å²) in [4.78, 5) is 31.4. The summed E-state index contributed by atoms with van der Waals surface area (Å²) in [6.07, 6.45) is 0.667. The molecule has 3 rings (SSSR count). The lowest BCUT2D eigenvalue weighted by Crippen LogP contribution is -2.35. The third-order valence-corrected chi connectivity index (χ3v) is 3.91. The molecule has 0 radical (unpaired) electrons. The van der Waals surface area contributed by atoms with Crippen LogP contribution >= 0.6 is 0 Å². The van der Waals surface area contributed by atoms with Crippen molar-refractivity contribution >= 4 is 5.69 Å². The van der Waals surface area contributed by atoms with E-state index in [2.05, 4.69) is 9.97 Å². The van der Waals surface area contributed by atoms with E-state index in [4.69, 9.17) is 0 Å². The van der Waals surface area contributed by atoms with Crippen LogP contribution in [0.15, 0.2) is 23.0 Å². The van der Waals surface area contributed by atoms with Crippen LogP contribution in [-0.4, -0.2) is 31.4 Å². The first-order valence-electron chi connectivity index (χ1n) is 7.21. The topological polar surface area (TPSA) is 112 Å². The van der Waals surface area contributed by atoms with E-state index in [1.807, 2.05) is 4.90 Å². The van der Waals surface area contributed by atoms with Gasteiger partial charge in [0.2, 0.25) is 0 Å². The number of benzene rings is 1. The van der Waals surface area contributed by atoms with E-state index < -0.39 is 4.92 Å². The maximum atomic E-state index is 12.0. The molecule has 120 valence electrons. The maximum absolute atomic E-state index is 12.0. The van der Waals surface area contributed by atoms with E-state index in [0.717, 1.165) is 17.8 Å². The van der Waals surface area contributed by atoms with Crippen LogP contribution in [0, 0.1) is 17.0 Å². The van der Waals surface area contributed by atoms with Crippen LogP contribution < -0.4 is 5.56 Å². The van der Waals surface area contributed by atoms with Crippen molar-refractivity contribution in [2.24, 2.45) is 0 Å². The van der Waals surface area contributed by atoms with Gasteiger partial charge in [-0.3, -0.25) is 19.8 Å². The number of H-pyrrole nitrogens is 1. The largest absolute Gasteiger partial charge is 0.502 e. The summed E-state index contributed by atoms with van der Waals surface area (Å²) in [5.74, 6) is 0.259. The van der Waals surface area contributed by atoms with E-state index in [9.17, 15) is 20.0 Å². The third-order valence-electron chi connectivity index (χ3n) is 3.91. The normalized spacial score (nSPS) is 14.5. The Morgan fingerprint density at radius 2 is 2.26 bits per heavy atom. The Morgan fingerprint density at radius 3 is 3.00 bits per heavy atom. The fourth-order valence-corrected chi connectivity index (χ4v) is 2.81. The molecule has 1 aromatic carbocycles. The van der Waals surface area contributed by atoms with Crippen LogP contribution in [0.4, 0.5) is 5.69 Å². The highest BCUT2D eigenvalue weighted by Crippen LogP contribution is 2.27. The predicted octanol–water partition coefficient (Wildman–Crippen LogP) is 1.25. The van der Waals surface area contributed by atoms with E-state index >= 15 is 0 Å². The molecule has 8 heteroatoms. The molecule has 0 aliphatic carbocycles. The highest BCUT2D eigenvalue weighted by molar-refractivity contribution is 5.47. The Morgan fingerprint density at radius 1 is 1.48 bits per heavy atom. The summed E-state index contributed by atoms with van der Waals surface area (Å²) in [6.45, 7) is 3.39. The lowest BCUT2D eigenvalue weighted by Gasteiger charge is -2.27. The summed E-state index contributed by atoms with van der Waals surface area (Å²) in [5.41, 5.74) is 1.74. The minimum atomic E-state index is -0.609. The van der Waals surface area contributed by atoms with Crippen LogP contribution in [0.25, 0.3) is 0 Å². The molecular formula is C15H16N4O4. The monoisotopic (exact) mass is 316 g/mol. The Kier molecular flexibility index (Phi) is 3.83. The van der Waals surface area contributed by atoms with Crippen LogP contribution in [0.2, 0.25) is 0 Å². The smallest absolute Gasteiger partial charge is 0.311 e. The number of aromatic amines is 1. The van der Waals surface area contributed by atoms with Crippen molar-refractivity contribution < 1.29 is 10.0 Å². The van der Waals surface area contributed by atoms with Crippen molar-refractivity contribution in [3.63, 3.8) is 0 Å². The molecule has 0 saturated heterocycles. The van der Waals surface area contributed by atoms with Crippen LogP contribution in [0.3, 0.4) is 0 Å². The van der Waals surface area contributed by atoms with Crippen molar-refractivity contribution in [2.75, 3.05) is 6.54 Å². The molecule has 0 spiro atoms. The number of rotatable bonds is 3. The molecule has 1 aliphatic heterocycles. The van der Waals surface area contributed by atoms with Gasteiger partial charge in [0.1, 0.15) is 5.82 Å². The molecule has 0 bridgehead atoms. The highest BCUT2D eigenvalue weighted by atomic mass is 16.6. The van der Waals surface area contributed by atoms with Gasteiger partial charge >= 0.3 is 5.69 Å². The Hall–Kier alpha value is -2.74. The van der Waals surface area contributed by atoms with Crippen LogP contribution in [0.1, 0.15) is 22.6 Å². The van der Waals surface area contributed by atoms with E-state index in [1.165, 1.54) is 12.1 Å². The standard InChI is InChI=1S/C15H16N4O4/c1-9-16-12-4-5-18(8-11(12)15(21)17-9)7-10-2-3-14(20)13(6-10)19(22)23/h2-3,6,20H,4-5,7-8H2,1H3,(H,16,17,21). The molecule has 1 aliphatic rings. The first kappa shape index (κ1) is 15.2. The number of hydrogen-bond donors (Lipinski definition) is 2. The number of nitro groups is 1. The molecule has 8 nitrogen and oxygen atoms in total. The second kappa shape index (κ2) is 5.81. The molecule has 0 amide bonds. The zero-order valence-electron chi connectivity index (χ0n) is 12.6. The van der Waals surface area contributed by atoms with Gasteiger partial charge in [0.15, 0.2) is 5.75 Å². The number of fused-ring (bicyclic) bond motifs is 1. The molecular weight excluding hydrogens is 300 g/mol. The molecule has 2 N–H and O–H groups in total. The summed E-state index contributed by atoms with van der Waals surface area (Å²) < 4.78 is 0. The van der Waals surface area contributed by atoms with Crippen molar-refractivity contribution in [3.8, 4) is 5.75 Å². The van der Waals surface area contributed by atoms with Gasteiger partial charge in [-0.25, -0.2) is 4.98 Å². The number of nitrogens with zero attached hydrogens (tertiary/aromatic N) is 3. The zero-order chi connectivity index (χ0) is 16.6. The van der Waals surface area contributed by atoms with Gasteiger partial charge in [0.25, 0.3) is 5.56 Å². The number of aromatic hydroxyl groups is 1.